The molecule has 5 heteroatoms. The van der Waals surface area contributed by atoms with Gasteiger partial charge in [0.2, 0.25) is 11.8 Å². The molecule has 2 aromatic carbocycles. The highest BCUT2D eigenvalue weighted by molar-refractivity contribution is 5.96. The zero-order chi connectivity index (χ0) is 16.7. The number of benzene rings is 2. The Hall–Kier alpha value is -2.92. The van der Waals surface area contributed by atoms with Gasteiger partial charge in [-0.25, -0.2) is 0 Å². The third-order valence-corrected chi connectivity index (χ3v) is 4.05. The maximum Gasteiger partial charge on any atom is 0.247 e. The summed E-state index contributed by atoms with van der Waals surface area (Å²) in [5.41, 5.74) is 4.54. The van der Waals surface area contributed by atoms with E-state index in [9.17, 15) is 5.11 Å². The molecular weight excluding hydrogens is 304 g/mol. The molecule has 0 aliphatic rings. The third kappa shape index (κ3) is 2.49. The van der Waals surface area contributed by atoms with Gasteiger partial charge in [0.05, 0.1) is 12.4 Å². The molecule has 0 amide bonds. The number of hydrogen-bond acceptors (Lipinski definition) is 5. The molecule has 0 spiro atoms. The fourth-order valence-corrected chi connectivity index (χ4v) is 2.74. The summed E-state index contributed by atoms with van der Waals surface area (Å²) in [6.45, 7) is 3.52. The molecule has 5 nitrogen and oxygen atoms in total. The number of hydrogen-bond donors (Lipinski definition) is 1. The first-order valence-corrected chi connectivity index (χ1v) is 7.72. The smallest absolute Gasteiger partial charge is 0.247 e. The van der Waals surface area contributed by atoms with Crippen LogP contribution in [0.5, 0.6) is 0 Å². The molecule has 1 N–H and O–H groups in total. The van der Waals surface area contributed by atoms with Crippen LogP contribution in [0.1, 0.15) is 24.5 Å². The summed E-state index contributed by atoms with van der Waals surface area (Å²) in [6, 6.07) is 13.6. The van der Waals surface area contributed by atoms with Gasteiger partial charge in [0, 0.05) is 23.4 Å². The van der Waals surface area contributed by atoms with E-state index in [1.54, 1.807) is 20.1 Å². The fraction of sp³-hybridized carbons (Fsp3) is 0.158. The highest BCUT2D eigenvalue weighted by Crippen LogP contribution is 2.34. The molecule has 0 aliphatic carbocycles. The van der Waals surface area contributed by atoms with Crippen molar-refractivity contribution >= 4 is 11.0 Å². The topological polar surface area (TPSA) is 72.3 Å². The number of furan rings is 1. The van der Waals surface area contributed by atoms with E-state index >= 15 is 0 Å². The first-order chi connectivity index (χ1) is 11.6. The van der Waals surface area contributed by atoms with E-state index in [0.29, 0.717) is 11.8 Å². The van der Waals surface area contributed by atoms with E-state index in [1.165, 1.54) is 0 Å². The first-order valence-electron chi connectivity index (χ1n) is 7.72. The van der Waals surface area contributed by atoms with Gasteiger partial charge < -0.3 is 13.9 Å². The summed E-state index contributed by atoms with van der Waals surface area (Å²) in [6.07, 6.45) is 1.26. The van der Waals surface area contributed by atoms with E-state index < -0.39 is 6.10 Å². The zero-order valence-corrected chi connectivity index (χ0v) is 13.4. The SMILES string of the molecule is Cc1nnc(-c2ccc3occ(-c4ccc(C(C)O)cc4)c3c2)o1. The quantitative estimate of drug-likeness (QED) is 0.601. The largest absolute Gasteiger partial charge is 0.464 e. The van der Waals surface area contributed by atoms with Crippen LogP contribution >= 0.6 is 0 Å². The van der Waals surface area contributed by atoms with Crippen molar-refractivity contribution in [2.45, 2.75) is 20.0 Å². The van der Waals surface area contributed by atoms with Gasteiger partial charge in [-0.1, -0.05) is 24.3 Å². The van der Waals surface area contributed by atoms with Crippen molar-refractivity contribution < 1.29 is 13.9 Å². The van der Waals surface area contributed by atoms with Gasteiger partial charge in [0.25, 0.3) is 0 Å². The Labute approximate surface area is 138 Å². The summed E-state index contributed by atoms with van der Waals surface area (Å²) in [7, 11) is 0. The second-order valence-electron chi connectivity index (χ2n) is 5.78. The van der Waals surface area contributed by atoms with E-state index in [2.05, 4.69) is 10.2 Å². The Morgan fingerprint density at radius 3 is 2.42 bits per heavy atom. The second kappa shape index (κ2) is 5.62. The van der Waals surface area contributed by atoms with Crippen LogP contribution in [0.3, 0.4) is 0 Å². The Balaban J connectivity index is 1.81. The number of aromatic nitrogens is 2. The van der Waals surface area contributed by atoms with E-state index in [0.717, 1.165) is 33.2 Å². The molecule has 120 valence electrons. The highest BCUT2D eigenvalue weighted by atomic mass is 16.4. The third-order valence-electron chi connectivity index (χ3n) is 4.05. The van der Waals surface area contributed by atoms with Gasteiger partial charge in [-0.05, 0) is 36.2 Å². The van der Waals surface area contributed by atoms with Crippen LogP contribution in [0.15, 0.2) is 57.6 Å². The number of aliphatic hydroxyl groups excluding tert-OH is 1. The molecule has 1 unspecified atom stereocenters. The lowest BCUT2D eigenvalue weighted by Gasteiger charge is -2.05. The molecule has 4 rings (SSSR count). The molecule has 0 aliphatic heterocycles. The van der Waals surface area contributed by atoms with Crippen molar-refractivity contribution in [3.8, 4) is 22.6 Å². The summed E-state index contributed by atoms with van der Waals surface area (Å²) < 4.78 is 11.2. The standard InChI is InChI=1S/C19H16N2O3/c1-11(22)13-3-5-14(6-4-13)17-10-23-18-8-7-15(9-16(17)18)19-21-20-12(2)24-19/h3-11,22H,1-2H3. The first kappa shape index (κ1) is 14.7. The van der Waals surface area contributed by atoms with Crippen LogP contribution in [-0.2, 0) is 0 Å². The lowest BCUT2D eigenvalue weighted by molar-refractivity contribution is 0.199. The number of nitrogens with zero attached hydrogens (tertiary/aromatic N) is 2. The molecular formula is C19H16N2O3. The molecule has 4 aromatic rings. The molecule has 0 saturated carbocycles. The van der Waals surface area contributed by atoms with Crippen molar-refractivity contribution in [1.29, 1.82) is 0 Å². The normalized spacial score (nSPS) is 12.6. The van der Waals surface area contributed by atoms with Gasteiger partial charge in [-0.15, -0.1) is 10.2 Å². The van der Waals surface area contributed by atoms with Crippen molar-refractivity contribution in [2.75, 3.05) is 0 Å². The van der Waals surface area contributed by atoms with E-state index in [4.69, 9.17) is 8.83 Å². The molecule has 1 atom stereocenters. The minimum atomic E-state index is -0.479. The van der Waals surface area contributed by atoms with Gasteiger partial charge in [0.15, 0.2) is 0 Å². The molecule has 0 fully saturated rings. The minimum absolute atomic E-state index is 0.479. The summed E-state index contributed by atoms with van der Waals surface area (Å²) >= 11 is 0. The van der Waals surface area contributed by atoms with Crippen LogP contribution in [0.25, 0.3) is 33.6 Å². The van der Waals surface area contributed by atoms with Crippen molar-refractivity contribution in [3.63, 3.8) is 0 Å². The molecule has 2 aromatic heterocycles. The monoisotopic (exact) mass is 320 g/mol. The Kier molecular flexibility index (Phi) is 3.43. The molecule has 0 saturated heterocycles. The van der Waals surface area contributed by atoms with Crippen LogP contribution in [0.2, 0.25) is 0 Å². The van der Waals surface area contributed by atoms with Crippen molar-refractivity contribution in [1.82, 2.24) is 10.2 Å². The number of aliphatic hydroxyl groups is 1. The predicted octanol–water partition coefficient (Wildman–Crippen LogP) is 4.51. The second-order valence-corrected chi connectivity index (χ2v) is 5.78. The average Bonchev–Trinajstić information content (AvgIpc) is 3.20. The average molecular weight is 320 g/mol. The fourth-order valence-electron chi connectivity index (χ4n) is 2.74. The maximum atomic E-state index is 9.64. The van der Waals surface area contributed by atoms with Crippen LogP contribution < -0.4 is 0 Å². The lowest BCUT2D eigenvalue weighted by Crippen LogP contribution is -1.89. The lowest BCUT2D eigenvalue weighted by atomic mass is 10.0. The number of fused-ring (bicyclic) bond motifs is 1. The predicted molar refractivity (Wildman–Crippen MR) is 90.3 cm³/mol. The van der Waals surface area contributed by atoms with Gasteiger partial charge in [-0.3, -0.25) is 0 Å². The number of aryl methyl sites for hydroxylation is 1. The van der Waals surface area contributed by atoms with Gasteiger partial charge >= 0.3 is 0 Å². The molecule has 24 heavy (non-hydrogen) atoms. The van der Waals surface area contributed by atoms with Gasteiger partial charge in [-0.2, -0.15) is 0 Å². The Bertz CT molecular complexity index is 997. The zero-order valence-electron chi connectivity index (χ0n) is 13.4. The minimum Gasteiger partial charge on any atom is -0.464 e. The van der Waals surface area contributed by atoms with Gasteiger partial charge in [0.1, 0.15) is 5.58 Å². The summed E-state index contributed by atoms with van der Waals surface area (Å²) in [5, 5.41) is 18.6. The maximum absolute atomic E-state index is 9.64. The number of rotatable bonds is 3. The molecule has 0 bridgehead atoms. The van der Waals surface area contributed by atoms with Crippen LogP contribution in [0.4, 0.5) is 0 Å². The Morgan fingerprint density at radius 2 is 1.75 bits per heavy atom. The van der Waals surface area contributed by atoms with Crippen molar-refractivity contribution in [2.24, 2.45) is 0 Å². The summed E-state index contributed by atoms with van der Waals surface area (Å²) in [5.74, 6) is 1.03. The van der Waals surface area contributed by atoms with Crippen molar-refractivity contribution in [3.05, 3.63) is 60.2 Å². The summed E-state index contributed by atoms with van der Waals surface area (Å²) in [4.78, 5) is 0. The van der Waals surface area contributed by atoms with E-state index in [1.807, 2.05) is 42.5 Å². The van der Waals surface area contributed by atoms with E-state index in [-0.39, 0.29) is 0 Å². The highest BCUT2D eigenvalue weighted by Gasteiger charge is 2.13. The molecule has 2 heterocycles. The molecule has 0 radical (unpaired) electrons. The van der Waals surface area contributed by atoms with Crippen LogP contribution in [0, 0.1) is 6.92 Å². The van der Waals surface area contributed by atoms with Crippen LogP contribution in [-0.4, -0.2) is 15.3 Å². The Morgan fingerprint density at radius 1 is 1.00 bits per heavy atom.